The second kappa shape index (κ2) is 9.42. The van der Waals surface area contributed by atoms with Crippen LogP contribution in [0.4, 0.5) is 0 Å². The minimum atomic E-state index is -0.347. The number of carbonyl (C=O) groups is 1. The molecular formula is C17H33NO3. The van der Waals surface area contributed by atoms with Crippen molar-refractivity contribution in [3.05, 3.63) is 0 Å². The van der Waals surface area contributed by atoms with E-state index >= 15 is 0 Å². The molecule has 4 unspecified atom stereocenters. The van der Waals surface area contributed by atoms with Gasteiger partial charge in [0.25, 0.3) is 0 Å². The average Bonchev–Trinajstić information content (AvgIpc) is 2.46. The third-order valence-corrected chi connectivity index (χ3v) is 4.56. The number of hydrogen-bond donors (Lipinski definition) is 1. The third kappa shape index (κ3) is 5.95. The van der Waals surface area contributed by atoms with E-state index < -0.39 is 0 Å². The van der Waals surface area contributed by atoms with Gasteiger partial charge in [-0.1, -0.05) is 34.1 Å². The number of rotatable bonds is 8. The summed E-state index contributed by atoms with van der Waals surface area (Å²) in [5, 5.41) is 3.22. The van der Waals surface area contributed by atoms with Gasteiger partial charge in [-0.15, -0.1) is 0 Å². The van der Waals surface area contributed by atoms with Crippen LogP contribution in [0, 0.1) is 17.8 Å². The Labute approximate surface area is 130 Å². The number of hydrogen-bond acceptors (Lipinski definition) is 4. The Morgan fingerprint density at radius 1 is 1.33 bits per heavy atom. The van der Waals surface area contributed by atoms with Crippen LogP contribution in [-0.2, 0) is 14.3 Å². The standard InChI is InChI=1S/C17H33NO3/c1-6-9-18-15(17(19)20-5)11-21-16-10-13(4)7-8-14(16)12(2)3/h12-16,18H,6-11H2,1-5H3. The molecule has 1 aliphatic rings. The first-order valence-electron chi connectivity index (χ1n) is 8.42. The van der Waals surface area contributed by atoms with Gasteiger partial charge in [-0.25, -0.2) is 0 Å². The lowest BCUT2D eigenvalue weighted by molar-refractivity contribution is -0.146. The van der Waals surface area contributed by atoms with Crippen molar-refractivity contribution in [1.82, 2.24) is 5.32 Å². The van der Waals surface area contributed by atoms with Crippen LogP contribution < -0.4 is 5.32 Å². The first-order valence-corrected chi connectivity index (χ1v) is 8.42. The number of carbonyl (C=O) groups excluding carboxylic acids is 1. The molecular weight excluding hydrogens is 266 g/mol. The highest BCUT2D eigenvalue weighted by Crippen LogP contribution is 2.35. The molecule has 0 aliphatic heterocycles. The Morgan fingerprint density at radius 3 is 2.62 bits per heavy atom. The van der Waals surface area contributed by atoms with Gasteiger partial charge in [0.05, 0.1) is 19.8 Å². The Kier molecular flexibility index (Phi) is 8.27. The molecule has 0 heterocycles. The van der Waals surface area contributed by atoms with Gasteiger partial charge in [-0.3, -0.25) is 4.79 Å². The van der Waals surface area contributed by atoms with E-state index in [1.165, 1.54) is 20.0 Å². The summed E-state index contributed by atoms with van der Waals surface area (Å²) in [5.74, 6) is 1.71. The molecule has 21 heavy (non-hydrogen) atoms. The minimum Gasteiger partial charge on any atom is -0.468 e. The first-order chi connectivity index (χ1) is 9.99. The van der Waals surface area contributed by atoms with E-state index in [1.54, 1.807) is 0 Å². The second-order valence-corrected chi connectivity index (χ2v) is 6.73. The molecule has 1 rings (SSSR count). The Bertz CT molecular complexity index is 306. The maximum atomic E-state index is 11.8. The van der Waals surface area contributed by atoms with Gasteiger partial charge in [-0.2, -0.15) is 0 Å². The van der Waals surface area contributed by atoms with Gasteiger partial charge in [0.15, 0.2) is 0 Å². The summed E-state index contributed by atoms with van der Waals surface area (Å²) in [6.45, 7) is 10.1. The van der Waals surface area contributed by atoms with Crippen molar-refractivity contribution in [3.63, 3.8) is 0 Å². The van der Waals surface area contributed by atoms with Gasteiger partial charge in [0, 0.05) is 0 Å². The normalized spacial score (nSPS) is 27.6. The van der Waals surface area contributed by atoms with Crippen LogP contribution in [0.15, 0.2) is 0 Å². The van der Waals surface area contributed by atoms with Crippen LogP contribution >= 0.6 is 0 Å². The van der Waals surface area contributed by atoms with Crippen molar-refractivity contribution in [2.45, 2.75) is 65.5 Å². The zero-order chi connectivity index (χ0) is 15.8. The molecule has 4 nitrogen and oxygen atoms in total. The van der Waals surface area contributed by atoms with Crippen molar-refractivity contribution < 1.29 is 14.3 Å². The summed E-state index contributed by atoms with van der Waals surface area (Å²) in [6.07, 6.45) is 4.88. The van der Waals surface area contributed by atoms with Crippen molar-refractivity contribution in [2.75, 3.05) is 20.3 Å². The SMILES string of the molecule is CCCNC(COC1CC(C)CCC1C(C)C)C(=O)OC. The summed E-state index contributed by atoms with van der Waals surface area (Å²) >= 11 is 0. The number of nitrogens with one attached hydrogen (secondary N) is 1. The van der Waals surface area contributed by atoms with Crippen LogP contribution in [-0.4, -0.2) is 38.4 Å². The zero-order valence-electron chi connectivity index (χ0n) is 14.4. The Morgan fingerprint density at radius 2 is 2.05 bits per heavy atom. The molecule has 0 amide bonds. The van der Waals surface area contributed by atoms with E-state index in [1.807, 2.05) is 0 Å². The fraction of sp³-hybridized carbons (Fsp3) is 0.941. The van der Waals surface area contributed by atoms with Gasteiger partial charge in [-0.05, 0) is 43.6 Å². The topological polar surface area (TPSA) is 47.6 Å². The monoisotopic (exact) mass is 299 g/mol. The van der Waals surface area contributed by atoms with Crippen molar-refractivity contribution in [1.29, 1.82) is 0 Å². The Balaban J connectivity index is 2.56. The van der Waals surface area contributed by atoms with E-state index in [-0.39, 0.29) is 18.1 Å². The van der Waals surface area contributed by atoms with Crippen LogP contribution in [0.1, 0.15) is 53.4 Å². The Hall–Kier alpha value is -0.610. The molecule has 4 heteroatoms. The summed E-state index contributed by atoms with van der Waals surface area (Å²) in [6, 6.07) is -0.347. The van der Waals surface area contributed by atoms with E-state index in [0.29, 0.717) is 24.4 Å². The molecule has 0 spiro atoms. The maximum absolute atomic E-state index is 11.8. The number of esters is 1. The second-order valence-electron chi connectivity index (χ2n) is 6.73. The van der Waals surface area contributed by atoms with Crippen LogP contribution in [0.3, 0.4) is 0 Å². The first kappa shape index (κ1) is 18.4. The number of methoxy groups -OCH3 is 1. The van der Waals surface area contributed by atoms with Crippen LogP contribution in [0.25, 0.3) is 0 Å². The smallest absolute Gasteiger partial charge is 0.325 e. The molecule has 124 valence electrons. The third-order valence-electron chi connectivity index (χ3n) is 4.56. The maximum Gasteiger partial charge on any atom is 0.325 e. The highest BCUT2D eigenvalue weighted by molar-refractivity contribution is 5.75. The van der Waals surface area contributed by atoms with Crippen molar-refractivity contribution in [2.24, 2.45) is 17.8 Å². The number of ether oxygens (including phenoxy) is 2. The van der Waals surface area contributed by atoms with Gasteiger partial charge >= 0.3 is 5.97 Å². The van der Waals surface area contributed by atoms with Gasteiger partial charge in [0.2, 0.25) is 0 Å². The van der Waals surface area contributed by atoms with E-state index in [4.69, 9.17) is 9.47 Å². The van der Waals surface area contributed by atoms with Crippen LogP contribution in [0.2, 0.25) is 0 Å². The summed E-state index contributed by atoms with van der Waals surface area (Å²) < 4.78 is 11.0. The molecule has 0 saturated heterocycles. The molecule has 1 N–H and O–H groups in total. The molecule has 0 aromatic rings. The van der Waals surface area contributed by atoms with Gasteiger partial charge < -0.3 is 14.8 Å². The lowest BCUT2D eigenvalue weighted by atomic mass is 9.75. The largest absolute Gasteiger partial charge is 0.468 e. The van der Waals surface area contributed by atoms with Crippen molar-refractivity contribution in [3.8, 4) is 0 Å². The van der Waals surface area contributed by atoms with Gasteiger partial charge in [0.1, 0.15) is 6.04 Å². The average molecular weight is 299 g/mol. The van der Waals surface area contributed by atoms with Crippen molar-refractivity contribution >= 4 is 5.97 Å². The quantitative estimate of drug-likeness (QED) is 0.700. The summed E-state index contributed by atoms with van der Waals surface area (Å²) in [4.78, 5) is 11.8. The molecule has 0 bridgehead atoms. The highest BCUT2D eigenvalue weighted by atomic mass is 16.5. The zero-order valence-corrected chi connectivity index (χ0v) is 14.4. The summed E-state index contributed by atoms with van der Waals surface area (Å²) in [7, 11) is 1.43. The minimum absolute atomic E-state index is 0.228. The lowest BCUT2D eigenvalue weighted by Crippen LogP contribution is -2.44. The molecule has 4 atom stereocenters. The molecule has 1 aliphatic carbocycles. The fourth-order valence-electron chi connectivity index (χ4n) is 3.20. The fourth-order valence-corrected chi connectivity index (χ4v) is 3.20. The molecule has 0 aromatic carbocycles. The highest BCUT2D eigenvalue weighted by Gasteiger charge is 2.32. The van der Waals surface area contributed by atoms with E-state index in [9.17, 15) is 4.79 Å². The molecule has 1 saturated carbocycles. The van der Waals surface area contributed by atoms with E-state index in [2.05, 4.69) is 33.0 Å². The lowest BCUT2D eigenvalue weighted by Gasteiger charge is -2.37. The molecule has 1 fully saturated rings. The predicted molar refractivity (Wildman–Crippen MR) is 85.2 cm³/mol. The van der Waals surface area contributed by atoms with E-state index in [0.717, 1.165) is 19.4 Å². The summed E-state index contributed by atoms with van der Waals surface area (Å²) in [5.41, 5.74) is 0. The molecule has 0 radical (unpaired) electrons. The predicted octanol–water partition coefficient (Wildman–Crippen LogP) is 3.01. The van der Waals surface area contributed by atoms with Crippen LogP contribution in [0.5, 0.6) is 0 Å². The molecule has 0 aromatic heterocycles.